The SMILES string of the molecule is CCc1ccccc1OCCNC(=O)NCc1ccccc1. The van der Waals surface area contributed by atoms with Crippen LogP contribution in [0, 0.1) is 0 Å². The molecule has 22 heavy (non-hydrogen) atoms. The molecule has 0 atom stereocenters. The molecule has 2 aromatic carbocycles. The molecule has 0 fully saturated rings. The summed E-state index contributed by atoms with van der Waals surface area (Å²) in [6, 6.07) is 17.6. The Labute approximate surface area is 131 Å². The number of urea groups is 1. The van der Waals surface area contributed by atoms with Crippen LogP contribution < -0.4 is 15.4 Å². The normalized spacial score (nSPS) is 10.0. The summed E-state index contributed by atoms with van der Waals surface area (Å²) in [6.07, 6.45) is 0.932. The van der Waals surface area contributed by atoms with Crippen LogP contribution in [0.25, 0.3) is 0 Å². The Morgan fingerprint density at radius 2 is 1.73 bits per heavy atom. The number of carbonyl (C=O) groups is 1. The number of rotatable bonds is 7. The third-order valence-electron chi connectivity index (χ3n) is 3.29. The number of benzene rings is 2. The van der Waals surface area contributed by atoms with Gasteiger partial charge >= 0.3 is 6.03 Å². The number of carbonyl (C=O) groups excluding carboxylic acids is 1. The van der Waals surface area contributed by atoms with E-state index in [9.17, 15) is 4.79 Å². The molecule has 2 rings (SSSR count). The second-order valence-electron chi connectivity index (χ2n) is 4.90. The van der Waals surface area contributed by atoms with E-state index in [1.54, 1.807) is 0 Å². The fourth-order valence-electron chi connectivity index (χ4n) is 2.10. The number of hydrogen-bond donors (Lipinski definition) is 2. The van der Waals surface area contributed by atoms with E-state index >= 15 is 0 Å². The van der Waals surface area contributed by atoms with Gasteiger partial charge in [-0.25, -0.2) is 4.79 Å². The molecule has 0 aromatic heterocycles. The molecular formula is C18H22N2O2. The van der Waals surface area contributed by atoms with Crippen LogP contribution in [0.2, 0.25) is 0 Å². The van der Waals surface area contributed by atoms with Crippen molar-refractivity contribution in [3.8, 4) is 5.75 Å². The minimum atomic E-state index is -0.184. The van der Waals surface area contributed by atoms with Crippen LogP contribution in [0.4, 0.5) is 4.79 Å². The lowest BCUT2D eigenvalue weighted by atomic mass is 10.1. The third-order valence-corrected chi connectivity index (χ3v) is 3.29. The predicted octanol–water partition coefficient (Wildman–Crippen LogP) is 3.13. The van der Waals surface area contributed by atoms with E-state index in [4.69, 9.17) is 4.74 Å². The molecule has 0 aliphatic rings. The summed E-state index contributed by atoms with van der Waals surface area (Å²) in [5.41, 5.74) is 2.25. The summed E-state index contributed by atoms with van der Waals surface area (Å²) in [5.74, 6) is 0.886. The Bertz CT molecular complexity index is 585. The van der Waals surface area contributed by atoms with E-state index in [2.05, 4.69) is 23.6 Å². The van der Waals surface area contributed by atoms with Gasteiger partial charge in [0.2, 0.25) is 0 Å². The molecule has 0 saturated heterocycles. The first kappa shape index (κ1) is 15.9. The largest absolute Gasteiger partial charge is 0.491 e. The lowest BCUT2D eigenvalue weighted by molar-refractivity contribution is 0.236. The van der Waals surface area contributed by atoms with Crippen molar-refractivity contribution >= 4 is 6.03 Å². The zero-order valence-electron chi connectivity index (χ0n) is 12.8. The van der Waals surface area contributed by atoms with Crippen LogP contribution in [0.15, 0.2) is 54.6 Å². The summed E-state index contributed by atoms with van der Waals surface area (Å²) >= 11 is 0. The van der Waals surface area contributed by atoms with Crippen molar-refractivity contribution in [2.45, 2.75) is 19.9 Å². The molecule has 0 spiro atoms. The van der Waals surface area contributed by atoms with Gasteiger partial charge in [0.05, 0.1) is 6.54 Å². The molecule has 4 heteroatoms. The van der Waals surface area contributed by atoms with Gasteiger partial charge in [-0.3, -0.25) is 0 Å². The van der Waals surface area contributed by atoms with Crippen LogP contribution in [-0.4, -0.2) is 19.2 Å². The zero-order valence-corrected chi connectivity index (χ0v) is 12.8. The summed E-state index contributed by atoms with van der Waals surface area (Å²) in [7, 11) is 0. The Kier molecular flexibility index (Phi) is 6.30. The smallest absolute Gasteiger partial charge is 0.315 e. The van der Waals surface area contributed by atoms with Crippen LogP contribution in [0.5, 0.6) is 5.75 Å². The van der Waals surface area contributed by atoms with Crippen molar-refractivity contribution in [1.82, 2.24) is 10.6 Å². The number of amides is 2. The highest BCUT2D eigenvalue weighted by atomic mass is 16.5. The van der Waals surface area contributed by atoms with Crippen LogP contribution >= 0.6 is 0 Å². The number of nitrogens with one attached hydrogen (secondary N) is 2. The van der Waals surface area contributed by atoms with Gasteiger partial charge < -0.3 is 15.4 Å². The molecule has 2 N–H and O–H groups in total. The maximum atomic E-state index is 11.7. The fraction of sp³-hybridized carbons (Fsp3) is 0.278. The molecule has 0 radical (unpaired) electrons. The second kappa shape index (κ2) is 8.72. The molecule has 2 amide bonds. The lowest BCUT2D eigenvalue weighted by Crippen LogP contribution is -2.37. The lowest BCUT2D eigenvalue weighted by Gasteiger charge is -2.11. The standard InChI is InChI=1S/C18H22N2O2/c1-2-16-10-6-7-11-17(16)22-13-12-19-18(21)20-14-15-8-4-3-5-9-15/h3-11H,2,12-14H2,1H3,(H2,19,20,21). The topological polar surface area (TPSA) is 50.4 Å². The van der Waals surface area contributed by atoms with Crippen molar-refractivity contribution in [2.75, 3.05) is 13.2 Å². The average molecular weight is 298 g/mol. The first-order valence-corrected chi connectivity index (χ1v) is 7.56. The maximum absolute atomic E-state index is 11.7. The molecule has 4 nitrogen and oxygen atoms in total. The van der Waals surface area contributed by atoms with Gasteiger partial charge in [0.1, 0.15) is 12.4 Å². The molecule has 2 aromatic rings. The van der Waals surface area contributed by atoms with E-state index in [0.717, 1.165) is 17.7 Å². The van der Waals surface area contributed by atoms with Gasteiger partial charge in [-0.2, -0.15) is 0 Å². The Morgan fingerprint density at radius 3 is 2.50 bits per heavy atom. The highest BCUT2D eigenvalue weighted by Crippen LogP contribution is 2.17. The van der Waals surface area contributed by atoms with Gasteiger partial charge in [0.25, 0.3) is 0 Å². The van der Waals surface area contributed by atoms with Crippen molar-refractivity contribution < 1.29 is 9.53 Å². The number of aryl methyl sites for hydroxylation is 1. The van der Waals surface area contributed by atoms with Gasteiger partial charge in [0, 0.05) is 6.54 Å². The maximum Gasteiger partial charge on any atom is 0.315 e. The minimum Gasteiger partial charge on any atom is -0.491 e. The molecule has 0 bridgehead atoms. The van der Waals surface area contributed by atoms with Gasteiger partial charge in [-0.15, -0.1) is 0 Å². The second-order valence-corrected chi connectivity index (χ2v) is 4.90. The molecular weight excluding hydrogens is 276 g/mol. The highest BCUT2D eigenvalue weighted by molar-refractivity contribution is 5.73. The van der Waals surface area contributed by atoms with E-state index in [-0.39, 0.29) is 6.03 Å². The summed E-state index contributed by atoms with van der Waals surface area (Å²) in [5, 5.41) is 5.60. The highest BCUT2D eigenvalue weighted by Gasteiger charge is 2.02. The van der Waals surface area contributed by atoms with Gasteiger partial charge in [-0.05, 0) is 23.6 Å². The van der Waals surface area contributed by atoms with Crippen molar-refractivity contribution in [3.05, 3.63) is 65.7 Å². The van der Waals surface area contributed by atoms with Gasteiger partial charge in [-0.1, -0.05) is 55.5 Å². The van der Waals surface area contributed by atoms with Crippen LogP contribution in [0.3, 0.4) is 0 Å². The van der Waals surface area contributed by atoms with Crippen molar-refractivity contribution in [2.24, 2.45) is 0 Å². The average Bonchev–Trinajstić information content (AvgIpc) is 2.58. The summed E-state index contributed by atoms with van der Waals surface area (Å²) < 4.78 is 5.70. The van der Waals surface area contributed by atoms with E-state index in [1.807, 2.05) is 48.5 Å². The van der Waals surface area contributed by atoms with E-state index < -0.39 is 0 Å². The molecule has 0 saturated carbocycles. The molecule has 0 unspecified atom stereocenters. The Balaban J connectivity index is 1.65. The first-order valence-electron chi connectivity index (χ1n) is 7.56. The van der Waals surface area contributed by atoms with Gasteiger partial charge in [0.15, 0.2) is 0 Å². The Morgan fingerprint density at radius 1 is 1.00 bits per heavy atom. The molecule has 0 aliphatic heterocycles. The minimum absolute atomic E-state index is 0.184. The number of hydrogen-bond acceptors (Lipinski definition) is 2. The zero-order chi connectivity index (χ0) is 15.6. The quantitative estimate of drug-likeness (QED) is 0.772. The predicted molar refractivity (Wildman–Crippen MR) is 88.0 cm³/mol. The third kappa shape index (κ3) is 5.13. The summed E-state index contributed by atoms with van der Waals surface area (Å²) in [6.45, 7) is 3.54. The first-order chi connectivity index (χ1) is 10.8. The summed E-state index contributed by atoms with van der Waals surface area (Å²) in [4.78, 5) is 11.7. The monoisotopic (exact) mass is 298 g/mol. The number of para-hydroxylation sites is 1. The van der Waals surface area contributed by atoms with Crippen LogP contribution in [0.1, 0.15) is 18.1 Å². The number of ether oxygens (including phenoxy) is 1. The fourth-order valence-corrected chi connectivity index (χ4v) is 2.10. The van der Waals surface area contributed by atoms with Crippen molar-refractivity contribution in [3.63, 3.8) is 0 Å². The molecule has 116 valence electrons. The Hall–Kier alpha value is -2.49. The van der Waals surface area contributed by atoms with E-state index in [0.29, 0.717) is 19.7 Å². The van der Waals surface area contributed by atoms with E-state index in [1.165, 1.54) is 5.56 Å². The molecule has 0 heterocycles. The molecule has 0 aliphatic carbocycles. The van der Waals surface area contributed by atoms with Crippen LogP contribution in [-0.2, 0) is 13.0 Å². The van der Waals surface area contributed by atoms with Crippen molar-refractivity contribution in [1.29, 1.82) is 0 Å².